The Morgan fingerprint density at radius 1 is 1.31 bits per heavy atom. The van der Waals surface area contributed by atoms with Crippen LogP contribution < -0.4 is 10.6 Å². The zero-order valence-corrected chi connectivity index (χ0v) is 16.3. The standard InChI is InChI=1S/C18H14ClN5O4S/c19-12-6-4-11(5-7-12)10-20-23-18-22-17(26)15(29-18)9-16(25)21-13-2-1-3-14(8-13)24(27)28/h1-8,10,15H,9H2,(H,21,25)(H,22,23,26)/b20-10+. The molecule has 1 fully saturated rings. The molecular weight excluding hydrogens is 418 g/mol. The van der Waals surface area contributed by atoms with Crippen molar-refractivity contribution in [2.75, 3.05) is 5.32 Å². The van der Waals surface area contributed by atoms with Crippen LogP contribution in [0.15, 0.2) is 58.7 Å². The molecule has 2 amide bonds. The van der Waals surface area contributed by atoms with Crippen molar-refractivity contribution >= 4 is 57.9 Å². The zero-order valence-electron chi connectivity index (χ0n) is 14.7. The van der Waals surface area contributed by atoms with Gasteiger partial charge in [-0.05, 0) is 23.8 Å². The Balaban J connectivity index is 1.56. The van der Waals surface area contributed by atoms with Gasteiger partial charge in [-0.25, -0.2) is 0 Å². The van der Waals surface area contributed by atoms with Gasteiger partial charge in [0.25, 0.3) is 5.69 Å². The van der Waals surface area contributed by atoms with Gasteiger partial charge in [0.05, 0.1) is 11.1 Å². The molecule has 3 rings (SSSR count). The number of hydrogen-bond donors (Lipinski definition) is 2. The lowest BCUT2D eigenvalue weighted by atomic mass is 10.2. The molecule has 1 unspecified atom stereocenters. The van der Waals surface area contributed by atoms with E-state index >= 15 is 0 Å². The maximum Gasteiger partial charge on any atom is 0.271 e. The number of non-ortho nitro benzene ring substituents is 1. The summed E-state index contributed by atoms with van der Waals surface area (Å²) in [6.45, 7) is 0. The summed E-state index contributed by atoms with van der Waals surface area (Å²) in [4.78, 5) is 34.5. The number of nitro benzene ring substituents is 1. The van der Waals surface area contributed by atoms with Gasteiger partial charge in [0, 0.05) is 29.3 Å². The van der Waals surface area contributed by atoms with E-state index in [2.05, 4.69) is 20.8 Å². The highest BCUT2D eigenvalue weighted by atomic mass is 35.5. The number of benzene rings is 2. The third-order valence-corrected chi connectivity index (χ3v) is 5.04. The molecule has 0 bridgehead atoms. The monoisotopic (exact) mass is 431 g/mol. The minimum absolute atomic E-state index is 0.112. The number of nitro groups is 1. The van der Waals surface area contributed by atoms with E-state index in [1.54, 1.807) is 24.3 Å². The Hall–Kier alpha value is -3.24. The summed E-state index contributed by atoms with van der Waals surface area (Å²) in [5, 5.41) is 24.0. The topological polar surface area (TPSA) is 126 Å². The van der Waals surface area contributed by atoms with Crippen LogP contribution in [0.2, 0.25) is 5.02 Å². The molecule has 0 aromatic heterocycles. The second-order valence-corrected chi connectivity index (χ2v) is 7.48. The first kappa shape index (κ1) is 20.5. The molecule has 2 N–H and O–H groups in total. The zero-order chi connectivity index (χ0) is 20.8. The van der Waals surface area contributed by atoms with Crippen LogP contribution in [-0.4, -0.2) is 33.4 Å². The van der Waals surface area contributed by atoms with Crippen LogP contribution in [0.3, 0.4) is 0 Å². The molecule has 1 atom stereocenters. The van der Waals surface area contributed by atoms with Gasteiger partial charge in [0.1, 0.15) is 5.25 Å². The van der Waals surface area contributed by atoms with Gasteiger partial charge in [-0.1, -0.05) is 41.6 Å². The lowest BCUT2D eigenvalue weighted by Crippen LogP contribution is -2.28. The highest BCUT2D eigenvalue weighted by Crippen LogP contribution is 2.24. The molecule has 0 spiro atoms. The number of amidine groups is 1. The smallest absolute Gasteiger partial charge is 0.271 e. The SMILES string of the molecule is O=C(CC1SC(=N/N=C/c2ccc(Cl)cc2)NC1=O)Nc1cccc([N+](=O)[O-])c1. The molecule has 1 heterocycles. The van der Waals surface area contributed by atoms with Crippen molar-refractivity contribution in [3.05, 3.63) is 69.2 Å². The first-order valence-electron chi connectivity index (χ1n) is 8.29. The van der Waals surface area contributed by atoms with Gasteiger partial charge in [0.15, 0.2) is 5.17 Å². The van der Waals surface area contributed by atoms with Crippen molar-refractivity contribution in [1.82, 2.24) is 5.32 Å². The molecule has 1 saturated heterocycles. The molecule has 29 heavy (non-hydrogen) atoms. The van der Waals surface area contributed by atoms with Gasteiger partial charge in [-0.15, -0.1) is 5.10 Å². The number of nitrogens with zero attached hydrogens (tertiary/aromatic N) is 3. The van der Waals surface area contributed by atoms with Gasteiger partial charge >= 0.3 is 0 Å². The second-order valence-electron chi connectivity index (χ2n) is 5.86. The average molecular weight is 432 g/mol. The molecule has 11 heteroatoms. The van der Waals surface area contributed by atoms with Crippen molar-refractivity contribution in [2.45, 2.75) is 11.7 Å². The maximum atomic E-state index is 12.2. The lowest BCUT2D eigenvalue weighted by Gasteiger charge is -2.07. The second kappa shape index (κ2) is 9.30. The number of amides is 2. The van der Waals surface area contributed by atoms with Crippen molar-refractivity contribution < 1.29 is 14.5 Å². The predicted molar refractivity (Wildman–Crippen MR) is 112 cm³/mol. The summed E-state index contributed by atoms with van der Waals surface area (Å²) in [5.41, 5.74) is 0.943. The largest absolute Gasteiger partial charge is 0.326 e. The molecule has 1 aliphatic heterocycles. The van der Waals surface area contributed by atoms with Crippen LogP contribution in [0.1, 0.15) is 12.0 Å². The van der Waals surface area contributed by atoms with Crippen LogP contribution in [0.5, 0.6) is 0 Å². The van der Waals surface area contributed by atoms with Crippen LogP contribution in [0.25, 0.3) is 0 Å². The van der Waals surface area contributed by atoms with Gasteiger partial charge in [-0.3, -0.25) is 19.7 Å². The summed E-state index contributed by atoms with van der Waals surface area (Å²) in [7, 11) is 0. The molecule has 9 nitrogen and oxygen atoms in total. The van der Waals surface area contributed by atoms with Crippen LogP contribution >= 0.6 is 23.4 Å². The van der Waals surface area contributed by atoms with Gasteiger partial charge in [-0.2, -0.15) is 5.10 Å². The number of thioether (sulfide) groups is 1. The Bertz CT molecular complexity index is 1010. The summed E-state index contributed by atoms with van der Waals surface area (Å²) in [6.07, 6.45) is 1.40. The van der Waals surface area contributed by atoms with E-state index in [1.807, 2.05) is 0 Å². The van der Waals surface area contributed by atoms with Crippen molar-refractivity contribution in [1.29, 1.82) is 0 Å². The van der Waals surface area contributed by atoms with Crippen molar-refractivity contribution in [3.63, 3.8) is 0 Å². The Morgan fingerprint density at radius 3 is 2.79 bits per heavy atom. The Kier molecular flexibility index (Phi) is 6.57. The minimum Gasteiger partial charge on any atom is -0.326 e. The summed E-state index contributed by atoms with van der Waals surface area (Å²) in [6, 6.07) is 12.6. The minimum atomic E-state index is -0.668. The van der Waals surface area contributed by atoms with Crippen molar-refractivity contribution in [2.24, 2.45) is 10.2 Å². The fraction of sp³-hybridized carbons (Fsp3) is 0.111. The van der Waals surface area contributed by atoms with Crippen LogP contribution in [0, 0.1) is 10.1 Å². The summed E-state index contributed by atoms with van der Waals surface area (Å²) >= 11 is 6.90. The van der Waals surface area contributed by atoms with E-state index in [9.17, 15) is 19.7 Å². The number of rotatable bonds is 6. The lowest BCUT2D eigenvalue weighted by molar-refractivity contribution is -0.384. The van der Waals surface area contributed by atoms with Crippen LogP contribution in [0.4, 0.5) is 11.4 Å². The average Bonchev–Trinajstić information content (AvgIpc) is 3.02. The third kappa shape index (κ3) is 5.87. The Morgan fingerprint density at radius 2 is 2.07 bits per heavy atom. The highest BCUT2D eigenvalue weighted by Gasteiger charge is 2.32. The number of anilines is 1. The van der Waals surface area contributed by atoms with E-state index in [4.69, 9.17) is 11.6 Å². The molecule has 0 radical (unpaired) electrons. The number of carbonyl (C=O) groups is 2. The maximum absolute atomic E-state index is 12.2. The fourth-order valence-electron chi connectivity index (χ4n) is 2.36. The summed E-state index contributed by atoms with van der Waals surface area (Å²) < 4.78 is 0. The fourth-order valence-corrected chi connectivity index (χ4v) is 3.41. The number of hydrogen-bond acceptors (Lipinski definition) is 7. The molecule has 0 aliphatic carbocycles. The van der Waals surface area contributed by atoms with E-state index < -0.39 is 16.1 Å². The van der Waals surface area contributed by atoms with Gasteiger partial charge < -0.3 is 10.6 Å². The number of carbonyl (C=O) groups excluding carboxylic acids is 2. The van der Waals surface area contributed by atoms with E-state index in [-0.39, 0.29) is 28.9 Å². The number of nitrogens with one attached hydrogen (secondary N) is 2. The third-order valence-electron chi connectivity index (χ3n) is 3.71. The quantitative estimate of drug-likeness (QED) is 0.412. The molecule has 2 aromatic rings. The van der Waals surface area contributed by atoms with Crippen molar-refractivity contribution in [3.8, 4) is 0 Å². The Labute approximate surface area is 174 Å². The first-order valence-corrected chi connectivity index (χ1v) is 9.55. The summed E-state index contributed by atoms with van der Waals surface area (Å²) in [5.74, 6) is -0.798. The van der Waals surface area contributed by atoms with E-state index in [0.29, 0.717) is 5.02 Å². The highest BCUT2D eigenvalue weighted by molar-refractivity contribution is 8.15. The normalized spacial score (nSPS) is 17.5. The first-order chi connectivity index (χ1) is 13.9. The molecular formula is C18H14ClN5O4S. The molecule has 2 aromatic carbocycles. The molecule has 1 aliphatic rings. The number of halogens is 1. The molecule has 0 saturated carbocycles. The van der Waals surface area contributed by atoms with Crippen LogP contribution in [-0.2, 0) is 9.59 Å². The van der Waals surface area contributed by atoms with E-state index in [0.717, 1.165) is 17.3 Å². The van der Waals surface area contributed by atoms with Gasteiger partial charge in [0.2, 0.25) is 11.8 Å². The molecule has 148 valence electrons. The van der Waals surface area contributed by atoms with E-state index in [1.165, 1.54) is 30.5 Å². The predicted octanol–water partition coefficient (Wildman–Crippen LogP) is 3.20.